The molecule has 0 unspecified atom stereocenters. The summed E-state index contributed by atoms with van der Waals surface area (Å²) in [7, 11) is 0. The summed E-state index contributed by atoms with van der Waals surface area (Å²) in [4.78, 5) is 0. The van der Waals surface area contributed by atoms with Crippen molar-refractivity contribution in [2.45, 2.75) is 25.4 Å². The summed E-state index contributed by atoms with van der Waals surface area (Å²) in [5, 5.41) is 0. The smallest absolute Gasteiger partial charge is 0.133 e. The molecule has 1 aliphatic rings. The van der Waals surface area contributed by atoms with Crippen molar-refractivity contribution in [3.8, 4) is 5.75 Å². The first-order valence-electron chi connectivity index (χ1n) is 6.02. The van der Waals surface area contributed by atoms with Crippen molar-refractivity contribution in [2.75, 3.05) is 19.8 Å². The number of hydrogen-bond donors (Lipinski definition) is 1. The molecule has 0 bridgehead atoms. The van der Waals surface area contributed by atoms with Gasteiger partial charge in [0, 0.05) is 12.8 Å². The lowest BCUT2D eigenvalue weighted by Crippen LogP contribution is -2.26. The number of halogens is 1. The average Bonchev–Trinajstić information content (AvgIpc) is 2.34. The highest BCUT2D eigenvalue weighted by Gasteiger charge is 2.16. The molecule has 1 aliphatic heterocycles. The minimum absolute atomic E-state index is 0.278. The lowest BCUT2D eigenvalue weighted by molar-refractivity contribution is 0.0252. The van der Waals surface area contributed by atoms with Gasteiger partial charge in [0.05, 0.1) is 17.7 Å². The highest BCUT2D eigenvalue weighted by molar-refractivity contribution is 9.10. The number of ether oxygens (including phenoxy) is 2. The molecule has 0 radical (unpaired) electrons. The lowest BCUT2D eigenvalue weighted by Gasteiger charge is -2.24. The predicted molar refractivity (Wildman–Crippen MR) is 71.4 cm³/mol. The minimum Gasteiger partial charge on any atom is -0.489 e. The maximum Gasteiger partial charge on any atom is 0.133 e. The highest BCUT2D eigenvalue weighted by atomic mass is 79.9. The second-order valence-electron chi connectivity index (χ2n) is 4.23. The Hall–Kier alpha value is -0.580. The van der Waals surface area contributed by atoms with Gasteiger partial charge in [-0.15, -0.1) is 0 Å². The van der Waals surface area contributed by atoms with Crippen LogP contribution >= 0.6 is 15.9 Å². The van der Waals surface area contributed by atoms with Crippen LogP contribution in [0.1, 0.15) is 18.4 Å². The summed E-state index contributed by atoms with van der Waals surface area (Å²) in [5.41, 5.74) is 6.77. The molecule has 4 heteroatoms. The zero-order valence-corrected chi connectivity index (χ0v) is 11.4. The molecule has 0 aliphatic carbocycles. The third-order valence-electron chi connectivity index (χ3n) is 2.89. The van der Waals surface area contributed by atoms with Crippen molar-refractivity contribution < 1.29 is 9.47 Å². The van der Waals surface area contributed by atoms with E-state index in [0.717, 1.165) is 42.7 Å². The molecule has 1 fully saturated rings. The first-order valence-corrected chi connectivity index (χ1v) is 6.82. The first-order chi connectivity index (χ1) is 8.29. The van der Waals surface area contributed by atoms with Gasteiger partial charge in [-0.3, -0.25) is 0 Å². The summed E-state index contributed by atoms with van der Waals surface area (Å²) in [6, 6.07) is 6.18. The fourth-order valence-corrected chi connectivity index (χ4v) is 2.46. The maximum atomic E-state index is 5.96. The monoisotopic (exact) mass is 299 g/mol. The molecular formula is C13H18BrNO2. The molecule has 1 aromatic carbocycles. The largest absolute Gasteiger partial charge is 0.489 e. The van der Waals surface area contributed by atoms with Crippen LogP contribution in [0, 0.1) is 0 Å². The van der Waals surface area contributed by atoms with E-state index in [9.17, 15) is 0 Å². The van der Waals surface area contributed by atoms with Crippen LogP contribution in [0.4, 0.5) is 0 Å². The molecule has 2 rings (SSSR count). The van der Waals surface area contributed by atoms with E-state index in [-0.39, 0.29) is 6.10 Å². The summed E-state index contributed by atoms with van der Waals surface area (Å²) in [6.45, 7) is 2.27. The molecule has 0 spiro atoms. The van der Waals surface area contributed by atoms with E-state index < -0.39 is 0 Å². The molecule has 94 valence electrons. The SMILES string of the molecule is NCCc1ccc(OC2CCOCC2)c(Br)c1. The van der Waals surface area contributed by atoms with E-state index >= 15 is 0 Å². The van der Waals surface area contributed by atoms with Crippen molar-refractivity contribution in [2.24, 2.45) is 5.73 Å². The molecule has 2 N–H and O–H groups in total. The zero-order valence-electron chi connectivity index (χ0n) is 9.82. The fourth-order valence-electron chi connectivity index (χ4n) is 1.94. The van der Waals surface area contributed by atoms with Crippen molar-refractivity contribution in [3.05, 3.63) is 28.2 Å². The van der Waals surface area contributed by atoms with E-state index in [4.69, 9.17) is 15.2 Å². The van der Waals surface area contributed by atoms with Gasteiger partial charge in [0.2, 0.25) is 0 Å². The number of rotatable bonds is 4. The normalized spacial score (nSPS) is 17.1. The summed E-state index contributed by atoms with van der Waals surface area (Å²) in [6.07, 6.45) is 3.12. The Bertz CT molecular complexity index is 364. The molecule has 17 heavy (non-hydrogen) atoms. The van der Waals surface area contributed by atoms with Crippen LogP contribution in [0.2, 0.25) is 0 Å². The zero-order chi connectivity index (χ0) is 12.1. The van der Waals surface area contributed by atoms with Crippen LogP contribution in [0.15, 0.2) is 22.7 Å². The first kappa shape index (κ1) is 12.9. The third kappa shape index (κ3) is 3.69. The molecule has 3 nitrogen and oxygen atoms in total. The van der Waals surface area contributed by atoms with Gasteiger partial charge in [0.1, 0.15) is 11.9 Å². The standard InChI is InChI=1S/C13H18BrNO2/c14-12-9-10(3-6-15)1-2-13(12)17-11-4-7-16-8-5-11/h1-2,9,11H,3-8,15H2. The number of hydrogen-bond acceptors (Lipinski definition) is 3. The van der Waals surface area contributed by atoms with Crippen LogP contribution in [0.5, 0.6) is 5.75 Å². The van der Waals surface area contributed by atoms with Gasteiger partial charge in [0.25, 0.3) is 0 Å². The summed E-state index contributed by atoms with van der Waals surface area (Å²) >= 11 is 3.55. The predicted octanol–water partition coefficient (Wildman–Crippen LogP) is 2.51. The van der Waals surface area contributed by atoms with Gasteiger partial charge in [-0.1, -0.05) is 6.07 Å². The van der Waals surface area contributed by atoms with Crippen LogP contribution < -0.4 is 10.5 Å². The Morgan fingerprint density at radius 2 is 2.12 bits per heavy atom. The van der Waals surface area contributed by atoms with Gasteiger partial charge in [-0.2, -0.15) is 0 Å². The molecule has 0 amide bonds. The van der Waals surface area contributed by atoms with Gasteiger partial charge < -0.3 is 15.2 Å². The van der Waals surface area contributed by atoms with Crippen molar-refractivity contribution in [1.29, 1.82) is 0 Å². The van der Waals surface area contributed by atoms with Crippen molar-refractivity contribution >= 4 is 15.9 Å². The van der Waals surface area contributed by atoms with E-state index in [1.165, 1.54) is 5.56 Å². The molecular weight excluding hydrogens is 282 g/mol. The number of benzene rings is 1. The van der Waals surface area contributed by atoms with Crippen LogP contribution in [0.25, 0.3) is 0 Å². The fraction of sp³-hybridized carbons (Fsp3) is 0.538. The Balaban J connectivity index is 2.00. The molecule has 0 atom stereocenters. The van der Waals surface area contributed by atoms with Crippen molar-refractivity contribution in [3.63, 3.8) is 0 Å². The molecule has 0 saturated carbocycles. The van der Waals surface area contributed by atoms with Crippen LogP contribution in [-0.2, 0) is 11.2 Å². The van der Waals surface area contributed by atoms with Gasteiger partial charge in [0.15, 0.2) is 0 Å². The van der Waals surface area contributed by atoms with E-state index in [1.54, 1.807) is 0 Å². The molecule has 1 saturated heterocycles. The molecule has 1 heterocycles. The maximum absolute atomic E-state index is 5.96. The van der Waals surface area contributed by atoms with E-state index in [2.05, 4.69) is 28.1 Å². The Morgan fingerprint density at radius 1 is 1.35 bits per heavy atom. The second kappa shape index (κ2) is 6.38. The minimum atomic E-state index is 0.278. The van der Waals surface area contributed by atoms with Crippen molar-refractivity contribution in [1.82, 2.24) is 0 Å². The third-order valence-corrected chi connectivity index (χ3v) is 3.51. The van der Waals surface area contributed by atoms with Gasteiger partial charge >= 0.3 is 0 Å². The van der Waals surface area contributed by atoms with Gasteiger partial charge in [-0.25, -0.2) is 0 Å². The lowest BCUT2D eigenvalue weighted by atomic mass is 10.1. The van der Waals surface area contributed by atoms with Crippen LogP contribution in [-0.4, -0.2) is 25.9 Å². The average molecular weight is 300 g/mol. The molecule has 0 aromatic heterocycles. The summed E-state index contributed by atoms with van der Waals surface area (Å²) < 4.78 is 12.3. The summed E-state index contributed by atoms with van der Waals surface area (Å²) in [5.74, 6) is 0.915. The second-order valence-corrected chi connectivity index (χ2v) is 5.09. The Morgan fingerprint density at radius 3 is 2.76 bits per heavy atom. The Kier molecular flexibility index (Phi) is 4.83. The van der Waals surface area contributed by atoms with E-state index in [1.807, 2.05) is 6.07 Å². The topological polar surface area (TPSA) is 44.5 Å². The number of nitrogens with two attached hydrogens (primary N) is 1. The highest BCUT2D eigenvalue weighted by Crippen LogP contribution is 2.28. The molecule has 1 aromatic rings. The Labute approximate surface area is 110 Å². The van der Waals surface area contributed by atoms with Gasteiger partial charge in [-0.05, 0) is 46.6 Å². The van der Waals surface area contributed by atoms with Crippen LogP contribution in [0.3, 0.4) is 0 Å². The van der Waals surface area contributed by atoms with E-state index in [0.29, 0.717) is 6.54 Å². The quantitative estimate of drug-likeness (QED) is 0.929.